The molecule has 0 aromatic heterocycles. The van der Waals surface area contributed by atoms with Crippen molar-refractivity contribution < 1.29 is 14.2 Å². The molecule has 4 heteroatoms. The summed E-state index contributed by atoms with van der Waals surface area (Å²) in [5.74, 6) is 1.58. The maximum Gasteiger partial charge on any atom is 0.161 e. The fourth-order valence-corrected chi connectivity index (χ4v) is 2.23. The molecule has 0 fully saturated rings. The zero-order valence-electron chi connectivity index (χ0n) is 11.8. The second-order valence-corrected chi connectivity index (χ2v) is 5.03. The van der Waals surface area contributed by atoms with E-state index < -0.39 is 0 Å². The molecule has 0 bridgehead atoms. The summed E-state index contributed by atoms with van der Waals surface area (Å²) in [6.45, 7) is 2.15. The minimum Gasteiger partial charge on any atom is -0.486 e. The molecule has 0 radical (unpaired) electrons. The van der Waals surface area contributed by atoms with Gasteiger partial charge in [-0.1, -0.05) is 36.4 Å². The molecule has 0 amide bonds. The number of benzene rings is 2. The predicted octanol–water partition coefficient (Wildman–Crippen LogP) is 2.50. The number of nitrogens with two attached hydrogens (primary N) is 1. The molecule has 1 aliphatic heterocycles. The average molecular weight is 285 g/mol. The van der Waals surface area contributed by atoms with E-state index in [4.69, 9.17) is 19.9 Å². The van der Waals surface area contributed by atoms with E-state index in [0.29, 0.717) is 26.4 Å². The van der Waals surface area contributed by atoms with Crippen LogP contribution < -0.4 is 15.2 Å². The SMILES string of the molecule is NCc1ccc(COCC2COc3ccccc3O2)cc1. The lowest BCUT2D eigenvalue weighted by atomic mass is 10.1. The Bertz CT molecular complexity index is 583. The van der Waals surface area contributed by atoms with E-state index in [1.807, 2.05) is 48.5 Å². The summed E-state index contributed by atoms with van der Waals surface area (Å²) in [7, 11) is 0. The maximum atomic E-state index is 5.84. The van der Waals surface area contributed by atoms with Crippen molar-refractivity contribution in [1.82, 2.24) is 0 Å². The molecule has 1 atom stereocenters. The molecule has 0 saturated carbocycles. The first-order valence-corrected chi connectivity index (χ1v) is 7.09. The van der Waals surface area contributed by atoms with Gasteiger partial charge in [0.15, 0.2) is 17.6 Å². The van der Waals surface area contributed by atoms with E-state index in [1.165, 1.54) is 0 Å². The van der Waals surface area contributed by atoms with Gasteiger partial charge in [-0.15, -0.1) is 0 Å². The van der Waals surface area contributed by atoms with Crippen LogP contribution in [0, 0.1) is 0 Å². The Balaban J connectivity index is 1.48. The first-order valence-electron chi connectivity index (χ1n) is 7.09. The van der Waals surface area contributed by atoms with E-state index in [1.54, 1.807) is 0 Å². The van der Waals surface area contributed by atoms with Crippen LogP contribution in [0.25, 0.3) is 0 Å². The number of hydrogen-bond donors (Lipinski definition) is 1. The normalized spacial score (nSPS) is 16.7. The van der Waals surface area contributed by atoms with Crippen LogP contribution in [0.15, 0.2) is 48.5 Å². The number of para-hydroxylation sites is 2. The van der Waals surface area contributed by atoms with Crippen LogP contribution in [0.5, 0.6) is 11.5 Å². The van der Waals surface area contributed by atoms with Gasteiger partial charge in [-0.25, -0.2) is 0 Å². The van der Waals surface area contributed by atoms with Gasteiger partial charge in [-0.3, -0.25) is 0 Å². The highest BCUT2D eigenvalue weighted by Gasteiger charge is 2.20. The molecule has 110 valence electrons. The summed E-state index contributed by atoms with van der Waals surface area (Å²) in [6, 6.07) is 15.8. The van der Waals surface area contributed by atoms with Crippen LogP contribution in [-0.2, 0) is 17.9 Å². The standard InChI is InChI=1S/C17H19NO3/c18-9-13-5-7-14(8-6-13)10-19-11-15-12-20-16-3-1-2-4-17(16)21-15/h1-8,15H,9-12,18H2. The Morgan fingerprint density at radius 3 is 2.48 bits per heavy atom. The van der Waals surface area contributed by atoms with Gasteiger partial charge >= 0.3 is 0 Å². The van der Waals surface area contributed by atoms with Gasteiger partial charge < -0.3 is 19.9 Å². The molecule has 2 aromatic carbocycles. The van der Waals surface area contributed by atoms with Crippen molar-refractivity contribution in [3.05, 3.63) is 59.7 Å². The fraction of sp³-hybridized carbons (Fsp3) is 0.294. The lowest BCUT2D eigenvalue weighted by Gasteiger charge is -2.26. The zero-order chi connectivity index (χ0) is 14.5. The maximum absolute atomic E-state index is 5.84. The Hall–Kier alpha value is -2.04. The van der Waals surface area contributed by atoms with E-state index in [-0.39, 0.29) is 6.10 Å². The van der Waals surface area contributed by atoms with Crippen molar-refractivity contribution in [1.29, 1.82) is 0 Å². The topological polar surface area (TPSA) is 53.7 Å². The first-order chi connectivity index (χ1) is 10.3. The summed E-state index contributed by atoms with van der Waals surface area (Å²) in [5, 5.41) is 0. The Labute approximate surface area is 124 Å². The van der Waals surface area contributed by atoms with Crippen molar-refractivity contribution in [2.75, 3.05) is 13.2 Å². The van der Waals surface area contributed by atoms with Gasteiger partial charge in [0.2, 0.25) is 0 Å². The Morgan fingerprint density at radius 1 is 1.00 bits per heavy atom. The number of rotatable bonds is 5. The van der Waals surface area contributed by atoms with Crippen LogP contribution >= 0.6 is 0 Å². The first kappa shape index (κ1) is 13.9. The van der Waals surface area contributed by atoms with Crippen molar-refractivity contribution in [2.24, 2.45) is 5.73 Å². The highest BCUT2D eigenvalue weighted by molar-refractivity contribution is 5.40. The van der Waals surface area contributed by atoms with Crippen LogP contribution in [0.4, 0.5) is 0 Å². The molecule has 1 aliphatic rings. The molecule has 2 N–H and O–H groups in total. The second-order valence-electron chi connectivity index (χ2n) is 5.03. The quantitative estimate of drug-likeness (QED) is 0.917. The van der Waals surface area contributed by atoms with Crippen molar-refractivity contribution in [3.8, 4) is 11.5 Å². The third-order valence-electron chi connectivity index (χ3n) is 3.40. The van der Waals surface area contributed by atoms with Gasteiger partial charge in [0, 0.05) is 6.54 Å². The summed E-state index contributed by atoms with van der Waals surface area (Å²) < 4.78 is 17.2. The van der Waals surface area contributed by atoms with Gasteiger partial charge in [0.1, 0.15) is 6.61 Å². The van der Waals surface area contributed by atoms with Crippen molar-refractivity contribution >= 4 is 0 Å². The number of hydrogen-bond acceptors (Lipinski definition) is 4. The molecule has 1 unspecified atom stereocenters. The molecule has 4 nitrogen and oxygen atoms in total. The van der Waals surface area contributed by atoms with E-state index in [9.17, 15) is 0 Å². The summed E-state index contributed by atoms with van der Waals surface area (Å²) in [6.07, 6.45) is -0.0665. The van der Waals surface area contributed by atoms with Crippen molar-refractivity contribution in [2.45, 2.75) is 19.3 Å². The average Bonchev–Trinajstić information content (AvgIpc) is 2.55. The molecule has 0 aliphatic carbocycles. The molecule has 0 saturated heterocycles. The monoisotopic (exact) mass is 285 g/mol. The molecule has 21 heavy (non-hydrogen) atoms. The highest BCUT2D eigenvalue weighted by Crippen LogP contribution is 2.30. The number of ether oxygens (including phenoxy) is 3. The lowest BCUT2D eigenvalue weighted by molar-refractivity contribution is 0.00272. The number of fused-ring (bicyclic) bond motifs is 1. The third-order valence-corrected chi connectivity index (χ3v) is 3.40. The highest BCUT2D eigenvalue weighted by atomic mass is 16.6. The van der Waals surface area contributed by atoms with Crippen LogP contribution in [0.3, 0.4) is 0 Å². The van der Waals surface area contributed by atoms with Gasteiger partial charge in [0.25, 0.3) is 0 Å². The lowest BCUT2D eigenvalue weighted by Crippen LogP contribution is -2.33. The second kappa shape index (κ2) is 6.61. The van der Waals surface area contributed by atoms with Crippen LogP contribution in [0.2, 0.25) is 0 Å². The summed E-state index contributed by atoms with van der Waals surface area (Å²) >= 11 is 0. The van der Waals surface area contributed by atoms with Crippen molar-refractivity contribution in [3.63, 3.8) is 0 Å². The largest absolute Gasteiger partial charge is 0.486 e. The molecule has 2 aromatic rings. The molecule has 3 rings (SSSR count). The minimum atomic E-state index is -0.0665. The van der Waals surface area contributed by atoms with Crippen LogP contribution in [-0.4, -0.2) is 19.3 Å². The van der Waals surface area contributed by atoms with Gasteiger partial charge in [0.05, 0.1) is 13.2 Å². The van der Waals surface area contributed by atoms with Gasteiger partial charge in [-0.2, -0.15) is 0 Å². The predicted molar refractivity (Wildman–Crippen MR) is 80.3 cm³/mol. The van der Waals surface area contributed by atoms with E-state index >= 15 is 0 Å². The van der Waals surface area contributed by atoms with E-state index in [2.05, 4.69) is 0 Å². The molecule has 0 spiro atoms. The van der Waals surface area contributed by atoms with E-state index in [0.717, 1.165) is 22.6 Å². The zero-order valence-corrected chi connectivity index (χ0v) is 11.8. The molecular weight excluding hydrogens is 266 g/mol. The third kappa shape index (κ3) is 3.54. The minimum absolute atomic E-state index is 0.0665. The molecular formula is C17H19NO3. The molecule has 1 heterocycles. The fourth-order valence-electron chi connectivity index (χ4n) is 2.23. The van der Waals surface area contributed by atoms with Crippen LogP contribution in [0.1, 0.15) is 11.1 Å². The Kier molecular flexibility index (Phi) is 4.38. The summed E-state index contributed by atoms with van der Waals surface area (Å²) in [5.41, 5.74) is 7.83. The Morgan fingerprint density at radius 2 is 1.71 bits per heavy atom. The van der Waals surface area contributed by atoms with Gasteiger partial charge in [-0.05, 0) is 23.3 Å². The summed E-state index contributed by atoms with van der Waals surface area (Å²) in [4.78, 5) is 0. The smallest absolute Gasteiger partial charge is 0.161 e.